The van der Waals surface area contributed by atoms with Crippen molar-refractivity contribution in [3.8, 4) is 11.4 Å². The summed E-state index contributed by atoms with van der Waals surface area (Å²) in [5.41, 5.74) is 0.990. The van der Waals surface area contributed by atoms with Crippen LogP contribution < -0.4 is 0 Å². The number of nitrogens with zero attached hydrogens (tertiary/aromatic N) is 2. The summed E-state index contributed by atoms with van der Waals surface area (Å²) in [6, 6.07) is 7.09. The van der Waals surface area contributed by atoms with Crippen LogP contribution in [0.25, 0.3) is 11.4 Å². The molecule has 0 fully saturated rings. The molecule has 2 rings (SSSR count). The molecule has 0 saturated carbocycles. The number of rotatable bonds is 2. The number of carboxylic acids is 1. The summed E-state index contributed by atoms with van der Waals surface area (Å²) >= 11 is 5.77. The molecule has 4 nitrogen and oxygen atoms in total. The normalized spacial score (nSPS) is 10.4. The van der Waals surface area contributed by atoms with Crippen LogP contribution in [-0.4, -0.2) is 20.6 Å². The highest BCUT2D eigenvalue weighted by molar-refractivity contribution is 6.30. The molecular weight excluding hydrogens is 228 g/mol. The molecular formula is C11H9ClN2O2. The molecule has 2 aromatic rings. The fraction of sp³-hybridized carbons (Fsp3) is 0.0909. The van der Waals surface area contributed by atoms with E-state index in [-0.39, 0.29) is 5.69 Å². The average molecular weight is 237 g/mol. The molecule has 0 aliphatic rings. The summed E-state index contributed by atoms with van der Waals surface area (Å²) in [5.74, 6) is -0.385. The number of imidazole rings is 1. The highest BCUT2D eigenvalue weighted by Gasteiger charge is 2.13. The number of halogens is 1. The van der Waals surface area contributed by atoms with Gasteiger partial charge in [0, 0.05) is 17.6 Å². The number of aromatic nitrogens is 2. The van der Waals surface area contributed by atoms with Gasteiger partial charge in [0.1, 0.15) is 11.5 Å². The molecule has 5 heteroatoms. The smallest absolute Gasteiger partial charge is 0.354 e. The lowest BCUT2D eigenvalue weighted by Crippen LogP contribution is -2.05. The molecule has 82 valence electrons. The van der Waals surface area contributed by atoms with Gasteiger partial charge < -0.3 is 9.67 Å². The molecule has 16 heavy (non-hydrogen) atoms. The standard InChI is InChI=1S/C11H9ClN2O2/c1-14-9(11(15)16)6-13-10(14)7-2-4-8(12)5-3-7/h2-6H,1H3,(H,15,16). The Hall–Kier alpha value is -1.81. The second-order valence-corrected chi connectivity index (χ2v) is 3.77. The van der Waals surface area contributed by atoms with E-state index in [0.29, 0.717) is 10.8 Å². The van der Waals surface area contributed by atoms with Crippen LogP contribution in [0.5, 0.6) is 0 Å². The molecule has 0 amide bonds. The van der Waals surface area contributed by atoms with Crippen LogP contribution in [0, 0.1) is 0 Å². The Bertz CT molecular complexity index is 531. The van der Waals surface area contributed by atoms with Gasteiger partial charge in [-0.25, -0.2) is 9.78 Å². The van der Waals surface area contributed by atoms with Gasteiger partial charge in [-0.1, -0.05) is 11.6 Å². The molecule has 1 heterocycles. The van der Waals surface area contributed by atoms with Crippen LogP contribution in [0.2, 0.25) is 5.02 Å². The third-order valence-corrected chi connectivity index (χ3v) is 2.56. The van der Waals surface area contributed by atoms with Gasteiger partial charge in [0.25, 0.3) is 0 Å². The Labute approximate surface area is 97.1 Å². The van der Waals surface area contributed by atoms with Crippen molar-refractivity contribution in [2.75, 3.05) is 0 Å². The second-order valence-electron chi connectivity index (χ2n) is 3.34. The van der Waals surface area contributed by atoms with E-state index in [9.17, 15) is 4.79 Å². The van der Waals surface area contributed by atoms with Crippen LogP contribution in [0.3, 0.4) is 0 Å². The van der Waals surface area contributed by atoms with Crippen LogP contribution in [0.4, 0.5) is 0 Å². The van der Waals surface area contributed by atoms with E-state index in [1.165, 1.54) is 10.8 Å². The van der Waals surface area contributed by atoms with E-state index in [2.05, 4.69) is 4.98 Å². The topological polar surface area (TPSA) is 55.1 Å². The lowest BCUT2D eigenvalue weighted by molar-refractivity contribution is 0.0686. The average Bonchev–Trinajstić information content (AvgIpc) is 2.61. The van der Waals surface area contributed by atoms with E-state index in [4.69, 9.17) is 16.7 Å². The zero-order valence-electron chi connectivity index (χ0n) is 8.51. The molecule has 0 bridgehead atoms. The third-order valence-electron chi connectivity index (χ3n) is 2.31. The maximum Gasteiger partial charge on any atom is 0.354 e. The largest absolute Gasteiger partial charge is 0.477 e. The predicted molar refractivity (Wildman–Crippen MR) is 60.6 cm³/mol. The van der Waals surface area contributed by atoms with Crippen molar-refractivity contribution < 1.29 is 9.90 Å². The van der Waals surface area contributed by atoms with E-state index < -0.39 is 5.97 Å². The number of carboxylic acid groups (broad SMARTS) is 1. The van der Waals surface area contributed by atoms with E-state index in [0.717, 1.165) is 5.56 Å². The predicted octanol–water partition coefficient (Wildman–Crippen LogP) is 2.44. The Morgan fingerprint density at radius 3 is 2.50 bits per heavy atom. The first-order valence-electron chi connectivity index (χ1n) is 4.60. The van der Waals surface area contributed by atoms with Gasteiger partial charge in [-0.15, -0.1) is 0 Å². The molecule has 0 aliphatic carbocycles. The van der Waals surface area contributed by atoms with Gasteiger partial charge in [0.2, 0.25) is 0 Å². The summed E-state index contributed by atoms with van der Waals surface area (Å²) in [4.78, 5) is 14.9. The lowest BCUT2D eigenvalue weighted by Gasteiger charge is -2.03. The van der Waals surface area contributed by atoms with E-state index in [1.54, 1.807) is 31.3 Å². The van der Waals surface area contributed by atoms with Crippen molar-refractivity contribution in [1.82, 2.24) is 9.55 Å². The summed E-state index contributed by atoms with van der Waals surface area (Å²) in [6.45, 7) is 0. The minimum Gasteiger partial charge on any atom is -0.477 e. The minimum absolute atomic E-state index is 0.157. The molecule has 1 N–H and O–H groups in total. The van der Waals surface area contributed by atoms with Gasteiger partial charge in [-0.2, -0.15) is 0 Å². The van der Waals surface area contributed by atoms with Crippen molar-refractivity contribution in [2.24, 2.45) is 7.05 Å². The van der Waals surface area contributed by atoms with Crippen molar-refractivity contribution in [2.45, 2.75) is 0 Å². The van der Waals surface area contributed by atoms with Gasteiger partial charge in [0.05, 0.1) is 6.20 Å². The van der Waals surface area contributed by atoms with Crippen molar-refractivity contribution >= 4 is 17.6 Å². The monoisotopic (exact) mass is 236 g/mol. The first-order valence-corrected chi connectivity index (χ1v) is 4.98. The zero-order valence-corrected chi connectivity index (χ0v) is 9.27. The van der Waals surface area contributed by atoms with Crippen LogP contribution in [0.15, 0.2) is 30.5 Å². The van der Waals surface area contributed by atoms with Crippen LogP contribution in [-0.2, 0) is 7.05 Å². The van der Waals surface area contributed by atoms with Crippen molar-refractivity contribution in [3.63, 3.8) is 0 Å². The Balaban J connectivity index is 2.49. The highest BCUT2D eigenvalue weighted by Crippen LogP contribution is 2.20. The maximum absolute atomic E-state index is 10.8. The molecule has 0 spiro atoms. The molecule has 0 aliphatic heterocycles. The number of hydrogen-bond donors (Lipinski definition) is 1. The second kappa shape index (κ2) is 3.98. The minimum atomic E-state index is -0.991. The maximum atomic E-state index is 10.8. The summed E-state index contributed by atoms with van der Waals surface area (Å²) in [7, 11) is 1.67. The number of carbonyl (C=O) groups is 1. The molecule has 0 radical (unpaired) electrons. The Morgan fingerprint density at radius 1 is 1.38 bits per heavy atom. The third kappa shape index (κ3) is 1.79. The molecule has 0 saturated heterocycles. The fourth-order valence-electron chi connectivity index (χ4n) is 1.48. The van der Waals surface area contributed by atoms with E-state index in [1.807, 2.05) is 0 Å². The van der Waals surface area contributed by atoms with E-state index >= 15 is 0 Å². The molecule has 0 atom stereocenters. The first kappa shape index (κ1) is 10.7. The first-order chi connectivity index (χ1) is 7.59. The SMILES string of the molecule is Cn1c(C(=O)O)cnc1-c1ccc(Cl)cc1. The highest BCUT2D eigenvalue weighted by atomic mass is 35.5. The number of hydrogen-bond acceptors (Lipinski definition) is 2. The zero-order chi connectivity index (χ0) is 11.7. The van der Waals surface area contributed by atoms with Gasteiger partial charge in [-0.3, -0.25) is 0 Å². The summed E-state index contributed by atoms with van der Waals surface area (Å²) in [5, 5.41) is 9.52. The van der Waals surface area contributed by atoms with Crippen LogP contribution in [0.1, 0.15) is 10.5 Å². The van der Waals surface area contributed by atoms with Gasteiger partial charge in [0.15, 0.2) is 0 Å². The van der Waals surface area contributed by atoms with Crippen molar-refractivity contribution in [3.05, 3.63) is 41.2 Å². The molecule has 0 unspecified atom stereocenters. The van der Waals surface area contributed by atoms with Crippen molar-refractivity contribution in [1.29, 1.82) is 0 Å². The molecule has 1 aromatic heterocycles. The van der Waals surface area contributed by atoms with Crippen LogP contribution >= 0.6 is 11.6 Å². The van der Waals surface area contributed by atoms with Gasteiger partial charge in [-0.05, 0) is 24.3 Å². The lowest BCUT2D eigenvalue weighted by atomic mass is 10.2. The van der Waals surface area contributed by atoms with Gasteiger partial charge >= 0.3 is 5.97 Å². The summed E-state index contributed by atoms with van der Waals surface area (Å²) in [6.07, 6.45) is 1.34. The Morgan fingerprint density at radius 2 is 2.00 bits per heavy atom. The number of benzene rings is 1. The number of aromatic carboxylic acids is 1. The Kier molecular flexibility index (Phi) is 2.66. The molecule has 1 aromatic carbocycles. The summed E-state index contributed by atoms with van der Waals surface area (Å²) < 4.78 is 1.53. The fourth-order valence-corrected chi connectivity index (χ4v) is 1.60. The quantitative estimate of drug-likeness (QED) is 0.871.